The van der Waals surface area contributed by atoms with E-state index in [1.807, 2.05) is 41.3 Å². The number of thioether (sulfide) groups is 1. The predicted octanol–water partition coefficient (Wildman–Crippen LogP) is 2.60. The maximum atomic E-state index is 12.5. The van der Waals surface area contributed by atoms with Crippen LogP contribution in [0, 0.1) is 0 Å². The molecule has 4 rings (SSSR count). The molecule has 134 valence electrons. The van der Waals surface area contributed by atoms with Crippen molar-refractivity contribution in [3.05, 3.63) is 71.8 Å². The van der Waals surface area contributed by atoms with E-state index in [-0.39, 0.29) is 28.7 Å². The van der Waals surface area contributed by atoms with E-state index in [9.17, 15) is 13.2 Å². The molecule has 2 saturated heterocycles. The summed E-state index contributed by atoms with van der Waals surface area (Å²) in [4.78, 5) is 18.8. The fourth-order valence-electron chi connectivity index (χ4n) is 3.33. The Bertz CT molecular complexity index is 943. The molecule has 0 aromatic heterocycles. The maximum absolute atomic E-state index is 12.5. The smallest absolute Gasteiger partial charge is 0.279 e. The Hall–Kier alpha value is -2.12. The number of hydrogen-bond acceptors (Lipinski definition) is 4. The normalized spacial score (nSPS) is 25.4. The molecule has 2 heterocycles. The van der Waals surface area contributed by atoms with Crippen LogP contribution in [-0.4, -0.2) is 47.2 Å². The third-order valence-electron chi connectivity index (χ3n) is 4.59. The molecule has 2 aromatic rings. The number of sulfone groups is 1. The minimum absolute atomic E-state index is 0.0639. The van der Waals surface area contributed by atoms with Gasteiger partial charge in [-0.2, -0.15) is 4.99 Å². The molecule has 2 aliphatic rings. The predicted molar refractivity (Wildman–Crippen MR) is 104 cm³/mol. The molecule has 2 atom stereocenters. The van der Waals surface area contributed by atoms with Crippen molar-refractivity contribution >= 4 is 32.7 Å². The molecule has 0 bridgehead atoms. The van der Waals surface area contributed by atoms with Crippen molar-refractivity contribution in [1.82, 2.24) is 4.90 Å². The Morgan fingerprint density at radius 3 is 2.38 bits per heavy atom. The van der Waals surface area contributed by atoms with Gasteiger partial charge in [-0.05, 0) is 17.7 Å². The van der Waals surface area contributed by atoms with Crippen molar-refractivity contribution in [3.8, 4) is 0 Å². The molecule has 0 spiro atoms. The second-order valence-electron chi connectivity index (χ2n) is 6.48. The highest BCUT2D eigenvalue weighted by atomic mass is 32.2. The van der Waals surface area contributed by atoms with Crippen molar-refractivity contribution in [2.75, 3.05) is 11.5 Å². The monoisotopic (exact) mass is 386 g/mol. The van der Waals surface area contributed by atoms with Gasteiger partial charge in [0, 0.05) is 17.4 Å². The summed E-state index contributed by atoms with van der Waals surface area (Å²) in [6.07, 6.45) is 0. The van der Waals surface area contributed by atoms with Crippen LogP contribution in [0.1, 0.15) is 15.9 Å². The first-order valence-corrected chi connectivity index (χ1v) is 11.1. The number of aliphatic imine (C=N–C) groups is 1. The van der Waals surface area contributed by atoms with Gasteiger partial charge in [-0.3, -0.25) is 4.79 Å². The molecule has 2 fully saturated rings. The SMILES string of the molecule is O=C(N=C1S[C@@H]2CS(=O)(=O)C[C@H]2N1Cc1ccccc1)c1ccccc1. The van der Waals surface area contributed by atoms with Crippen LogP contribution in [0.2, 0.25) is 0 Å². The molecule has 0 radical (unpaired) electrons. The number of benzene rings is 2. The zero-order valence-electron chi connectivity index (χ0n) is 14.0. The maximum Gasteiger partial charge on any atom is 0.279 e. The van der Waals surface area contributed by atoms with Gasteiger partial charge in [0.1, 0.15) is 0 Å². The zero-order valence-corrected chi connectivity index (χ0v) is 15.6. The summed E-state index contributed by atoms with van der Waals surface area (Å²) < 4.78 is 24.1. The van der Waals surface area contributed by atoms with Crippen molar-refractivity contribution in [2.45, 2.75) is 17.8 Å². The third-order valence-corrected chi connectivity index (χ3v) is 7.84. The van der Waals surface area contributed by atoms with E-state index >= 15 is 0 Å². The molecule has 0 aliphatic carbocycles. The quantitative estimate of drug-likeness (QED) is 0.811. The fourth-order valence-corrected chi connectivity index (χ4v) is 7.28. The van der Waals surface area contributed by atoms with Crippen LogP contribution in [0.15, 0.2) is 65.7 Å². The standard InChI is InChI=1S/C19H18N2O3S2/c22-18(15-9-5-2-6-10-15)20-19-21(11-14-7-3-1-4-8-14)16-12-26(23,24)13-17(16)25-19/h1-10,16-17H,11-13H2/t16-,17-/m1/s1. The van der Waals surface area contributed by atoms with Gasteiger partial charge >= 0.3 is 0 Å². The van der Waals surface area contributed by atoms with Gasteiger partial charge in [-0.15, -0.1) is 0 Å². The summed E-state index contributed by atoms with van der Waals surface area (Å²) in [6, 6.07) is 18.6. The Labute approximate surface area is 157 Å². The Morgan fingerprint density at radius 1 is 1.04 bits per heavy atom. The van der Waals surface area contributed by atoms with Gasteiger partial charge < -0.3 is 4.90 Å². The summed E-state index contributed by atoms with van der Waals surface area (Å²) in [5, 5.41) is 0.554. The third kappa shape index (κ3) is 3.54. The minimum atomic E-state index is -3.04. The second kappa shape index (κ2) is 6.89. The fraction of sp³-hybridized carbons (Fsp3) is 0.263. The summed E-state index contributed by atoms with van der Waals surface area (Å²) >= 11 is 1.41. The number of amidine groups is 1. The molecule has 5 nitrogen and oxygen atoms in total. The number of carbonyl (C=O) groups excluding carboxylic acids is 1. The molecule has 2 aromatic carbocycles. The molecule has 2 aliphatic heterocycles. The van der Waals surface area contributed by atoms with Crippen molar-refractivity contribution in [2.24, 2.45) is 4.99 Å². The molecule has 0 saturated carbocycles. The van der Waals surface area contributed by atoms with E-state index in [2.05, 4.69) is 4.99 Å². The van der Waals surface area contributed by atoms with Gasteiger partial charge in [0.05, 0.1) is 17.5 Å². The number of rotatable bonds is 3. The van der Waals surface area contributed by atoms with Gasteiger partial charge in [0.25, 0.3) is 5.91 Å². The van der Waals surface area contributed by atoms with E-state index in [0.717, 1.165) is 5.56 Å². The highest BCUT2D eigenvalue weighted by Gasteiger charge is 2.48. The number of nitrogens with zero attached hydrogens (tertiary/aromatic N) is 2. The highest BCUT2D eigenvalue weighted by Crippen LogP contribution is 2.39. The lowest BCUT2D eigenvalue weighted by Gasteiger charge is -2.24. The van der Waals surface area contributed by atoms with Crippen molar-refractivity contribution in [1.29, 1.82) is 0 Å². The lowest BCUT2D eigenvalue weighted by Crippen LogP contribution is -2.37. The minimum Gasteiger partial charge on any atom is -0.342 e. The Balaban J connectivity index is 1.64. The lowest BCUT2D eigenvalue weighted by atomic mass is 10.1. The average Bonchev–Trinajstić information content (AvgIpc) is 3.09. The first-order chi connectivity index (χ1) is 12.5. The van der Waals surface area contributed by atoms with Crippen LogP contribution < -0.4 is 0 Å². The van der Waals surface area contributed by atoms with Gasteiger partial charge in [0.2, 0.25) is 0 Å². The topological polar surface area (TPSA) is 66.8 Å². The molecule has 7 heteroatoms. The average molecular weight is 386 g/mol. The van der Waals surface area contributed by atoms with Crippen LogP contribution in [0.4, 0.5) is 0 Å². The Morgan fingerprint density at radius 2 is 1.69 bits per heavy atom. The van der Waals surface area contributed by atoms with Crippen LogP contribution in [0.3, 0.4) is 0 Å². The van der Waals surface area contributed by atoms with Gasteiger partial charge in [-0.1, -0.05) is 60.3 Å². The van der Waals surface area contributed by atoms with Crippen molar-refractivity contribution in [3.63, 3.8) is 0 Å². The van der Waals surface area contributed by atoms with Crippen LogP contribution in [-0.2, 0) is 16.4 Å². The van der Waals surface area contributed by atoms with Gasteiger partial charge in [0.15, 0.2) is 15.0 Å². The highest BCUT2D eigenvalue weighted by molar-refractivity contribution is 8.15. The van der Waals surface area contributed by atoms with Crippen LogP contribution in [0.5, 0.6) is 0 Å². The molecule has 0 unspecified atom stereocenters. The molecule has 1 amide bonds. The summed E-state index contributed by atoms with van der Waals surface area (Å²) in [5.41, 5.74) is 1.60. The van der Waals surface area contributed by atoms with E-state index in [1.165, 1.54) is 11.8 Å². The molecule has 0 N–H and O–H groups in total. The van der Waals surface area contributed by atoms with E-state index < -0.39 is 9.84 Å². The first-order valence-electron chi connectivity index (χ1n) is 8.37. The zero-order chi connectivity index (χ0) is 18.1. The summed E-state index contributed by atoms with van der Waals surface area (Å²) in [6.45, 7) is 0.547. The van der Waals surface area contributed by atoms with Crippen LogP contribution >= 0.6 is 11.8 Å². The van der Waals surface area contributed by atoms with Gasteiger partial charge in [-0.25, -0.2) is 8.42 Å². The van der Waals surface area contributed by atoms with E-state index in [4.69, 9.17) is 0 Å². The largest absolute Gasteiger partial charge is 0.342 e. The summed E-state index contributed by atoms with van der Waals surface area (Å²) in [5.74, 6) is -0.0311. The lowest BCUT2D eigenvalue weighted by molar-refractivity contribution is 0.100. The summed E-state index contributed by atoms with van der Waals surface area (Å²) in [7, 11) is -3.04. The Kier molecular flexibility index (Phi) is 4.58. The molecular weight excluding hydrogens is 368 g/mol. The van der Waals surface area contributed by atoms with Crippen molar-refractivity contribution < 1.29 is 13.2 Å². The van der Waals surface area contributed by atoms with E-state index in [0.29, 0.717) is 17.3 Å². The number of fused-ring (bicyclic) bond motifs is 1. The van der Waals surface area contributed by atoms with E-state index in [1.54, 1.807) is 24.3 Å². The number of amides is 1. The molecular formula is C19H18N2O3S2. The number of hydrogen-bond donors (Lipinski definition) is 0. The second-order valence-corrected chi connectivity index (χ2v) is 9.84. The first kappa shape index (κ1) is 17.3. The molecule has 26 heavy (non-hydrogen) atoms. The number of carbonyl (C=O) groups is 1. The van der Waals surface area contributed by atoms with Crippen LogP contribution in [0.25, 0.3) is 0 Å².